The Bertz CT molecular complexity index is 736. The molecule has 0 radical (unpaired) electrons. The van der Waals surface area contributed by atoms with Crippen LogP contribution in [-0.4, -0.2) is 42.1 Å². The van der Waals surface area contributed by atoms with Gasteiger partial charge in [0.05, 0.1) is 16.3 Å². The zero-order valence-corrected chi connectivity index (χ0v) is 18.0. The molecule has 154 valence electrons. The molecule has 0 aromatic heterocycles. The number of amides is 1. The summed E-state index contributed by atoms with van der Waals surface area (Å²) in [5.74, 6) is 2.83. The minimum Gasteiger partial charge on any atom is -0.477 e. The smallest absolute Gasteiger partial charge is 0.255 e. The van der Waals surface area contributed by atoms with Crippen molar-refractivity contribution >= 4 is 35.6 Å². The molecule has 28 heavy (non-hydrogen) atoms. The first kappa shape index (κ1) is 22.7. The molecule has 2 fully saturated rings. The van der Waals surface area contributed by atoms with Crippen molar-refractivity contribution in [1.82, 2.24) is 10.2 Å². The maximum Gasteiger partial charge on any atom is 0.255 e. The van der Waals surface area contributed by atoms with Crippen LogP contribution >= 0.6 is 24.0 Å². The summed E-state index contributed by atoms with van der Waals surface area (Å²) in [7, 11) is 2.18. The van der Waals surface area contributed by atoms with Crippen molar-refractivity contribution < 1.29 is 9.53 Å². The fourth-order valence-corrected chi connectivity index (χ4v) is 4.39. The SMILES string of the molecule is C#CC(CCC)Oc1cc(N)c(Cl)cc1C(=O)NC1CC2CCC(C1)N2C.Cl. The average molecular weight is 426 g/mol. The Morgan fingerprint density at radius 2 is 2.07 bits per heavy atom. The summed E-state index contributed by atoms with van der Waals surface area (Å²) in [5, 5.41) is 3.51. The molecule has 3 unspecified atom stereocenters. The molecule has 0 spiro atoms. The summed E-state index contributed by atoms with van der Waals surface area (Å²) < 4.78 is 5.91. The topological polar surface area (TPSA) is 67.6 Å². The summed E-state index contributed by atoms with van der Waals surface area (Å²) >= 11 is 6.17. The van der Waals surface area contributed by atoms with Crippen molar-refractivity contribution in [3.8, 4) is 18.1 Å². The molecular weight excluding hydrogens is 397 g/mol. The van der Waals surface area contributed by atoms with Crippen LogP contribution in [0.25, 0.3) is 0 Å². The van der Waals surface area contributed by atoms with Gasteiger partial charge in [0.15, 0.2) is 6.10 Å². The van der Waals surface area contributed by atoms with Crippen molar-refractivity contribution in [3.63, 3.8) is 0 Å². The Morgan fingerprint density at radius 1 is 1.43 bits per heavy atom. The second kappa shape index (κ2) is 9.73. The molecule has 7 heteroatoms. The van der Waals surface area contributed by atoms with Crippen LogP contribution in [-0.2, 0) is 0 Å². The second-order valence-corrected chi connectivity index (χ2v) is 8.03. The summed E-state index contributed by atoms with van der Waals surface area (Å²) in [6.07, 6.45) is 11.1. The van der Waals surface area contributed by atoms with Gasteiger partial charge in [-0.25, -0.2) is 0 Å². The molecule has 3 rings (SSSR count). The van der Waals surface area contributed by atoms with Gasteiger partial charge in [-0.3, -0.25) is 4.79 Å². The van der Waals surface area contributed by atoms with Gasteiger partial charge in [0, 0.05) is 24.2 Å². The van der Waals surface area contributed by atoms with E-state index in [0.29, 0.717) is 40.5 Å². The lowest BCUT2D eigenvalue weighted by atomic mass is 9.97. The van der Waals surface area contributed by atoms with Gasteiger partial charge in [-0.1, -0.05) is 30.9 Å². The summed E-state index contributed by atoms with van der Waals surface area (Å²) in [4.78, 5) is 15.4. The largest absolute Gasteiger partial charge is 0.477 e. The number of terminal acetylenes is 1. The number of benzene rings is 1. The monoisotopic (exact) mass is 425 g/mol. The minimum absolute atomic E-state index is 0. The summed E-state index contributed by atoms with van der Waals surface area (Å²) in [5.41, 5.74) is 6.68. The molecule has 3 atom stereocenters. The average Bonchev–Trinajstić information content (AvgIpc) is 2.84. The third-order valence-corrected chi connectivity index (χ3v) is 6.11. The van der Waals surface area contributed by atoms with E-state index in [9.17, 15) is 4.79 Å². The number of anilines is 1. The van der Waals surface area contributed by atoms with E-state index < -0.39 is 6.10 Å². The minimum atomic E-state index is -0.402. The molecule has 0 aliphatic carbocycles. The fourth-order valence-electron chi connectivity index (χ4n) is 4.23. The molecule has 2 heterocycles. The highest BCUT2D eigenvalue weighted by molar-refractivity contribution is 6.33. The van der Waals surface area contributed by atoms with E-state index in [-0.39, 0.29) is 24.4 Å². The number of ether oxygens (including phenoxy) is 1. The molecule has 2 aliphatic rings. The number of nitrogens with two attached hydrogens (primary N) is 1. The van der Waals surface area contributed by atoms with Crippen LogP contribution in [0, 0.1) is 12.3 Å². The molecule has 0 saturated carbocycles. The first-order valence-corrected chi connectivity index (χ1v) is 10.0. The number of fused-ring (bicyclic) bond motifs is 2. The van der Waals surface area contributed by atoms with E-state index in [0.717, 1.165) is 19.3 Å². The predicted octanol–water partition coefficient (Wildman–Crippen LogP) is 3.88. The Hall–Kier alpha value is -1.61. The predicted molar refractivity (Wildman–Crippen MR) is 116 cm³/mol. The van der Waals surface area contributed by atoms with Gasteiger partial charge in [0.25, 0.3) is 5.91 Å². The van der Waals surface area contributed by atoms with Crippen molar-refractivity contribution in [2.75, 3.05) is 12.8 Å². The highest BCUT2D eigenvalue weighted by Crippen LogP contribution is 2.35. The van der Waals surface area contributed by atoms with Gasteiger partial charge < -0.3 is 20.7 Å². The van der Waals surface area contributed by atoms with Crippen LogP contribution in [0.4, 0.5) is 5.69 Å². The number of carbonyl (C=O) groups is 1. The van der Waals surface area contributed by atoms with Crippen molar-refractivity contribution in [2.24, 2.45) is 0 Å². The van der Waals surface area contributed by atoms with Gasteiger partial charge >= 0.3 is 0 Å². The van der Waals surface area contributed by atoms with Gasteiger partial charge in [-0.15, -0.1) is 18.8 Å². The third-order valence-electron chi connectivity index (χ3n) is 5.78. The molecule has 1 aromatic carbocycles. The number of carbonyl (C=O) groups excluding carboxylic acids is 1. The molecule has 3 N–H and O–H groups in total. The molecule has 2 aliphatic heterocycles. The second-order valence-electron chi connectivity index (χ2n) is 7.62. The number of nitrogens with zero attached hydrogens (tertiary/aromatic N) is 1. The van der Waals surface area contributed by atoms with Crippen LogP contribution in [0.3, 0.4) is 0 Å². The number of halogens is 2. The molecule has 2 saturated heterocycles. The van der Waals surface area contributed by atoms with Gasteiger partial charge in [0.1, 0.15) is 5.75 Å². The maximum absolute atomic E-state index is 13.0. The van der Waals surface area contributed by atoms with E-state index in [1.807, 2.05) is 6.92 Å². The van der Waals surface area contributed by atoms with Gasteiger partial charge in [-0.05, 0) is 45.2 Å². The first-order chi connectivity index (χ1) is 12.9. The Kier molecular flexibility index (Phi) is 7.88. The normalized spacial score (nSPS) is 24.7. The molecule has 1 amide bonds. The number of nitrogen functional groups attached to an aromatic ring is 1. The lowest BCUT2D eigenvalue weighted by Crippen LogP contribution is -2.48. The van der Waals surface area contributed by atoms with Crippen LogP contribution in [0.5, 0.6) is 5.75 Å². The van der Waals surface area contributed by atoms with E-state index in [1.54, 1.807) is 12.1 Å². The zero-order valence-electron chi connectivity index (χ0n) is 16.4. The first-order valence-electron chi connectivity index (χ1n) is 9.67. The molecular formula is C21H29Cl2N3O2. The Morgan fingerprint density at radius 3 is 2.64 bits per heavy atom. The van der Waals surface area contributed by atoms with Crippen LogP contribution in [0.2, 0.25) is 5.02 Å². The lowest BCUT2D eigenvalue weighted by Gasteiger charge is -2.36. The van der Waals surface area contributed by atoms with Crippen molar-refractivity contribution in [2.45, 2.75) is 69.7 Å². The summed E-state index contributed by atoms with van der Waals surface area (Å²) in [6, 6.07) is 4.43. The number of piperidine rings is 1. The maximum atomic E-state index is 13.0. The number of hydrogen-bond donors (Lipinski definition) is 2. The van der Waals surface area contributed by atoms with Crippen molar-refractivity contribution in [3.05, 3.63) is 22.7 Å². The van der Waals surface area contributed by atoms with Gasteiger partial charge in [-0.2, -0.15) is 0 Å². The third kappa shape index (κ3) is 4.86. The number of nitrogens with one attached hydrogen (secondary N) is 1. The van der Waals surface area contributed by atoms with E-state index in [1.165, 1.54) is 12.8 Å². The fraction of sp³-hybridized carbons (Fsp3) is 0.571. The van der Waals surface area contributed by atoms with E-state index in [2.05, 4.69) is 23.2 Å². The van der Waals surface area contributed by atoms with Crippen LogP contribution in [0.1, 0.15) is 55.8 Å². The highest BCUT2D eigenvalue weighted by Gasteiger charge is 2.39. The zero-order chi connectivity index (χ0) is 19.6. The molecule has 5 nitrogen and oxygen atoms in total. The Labute approximate surface area is 178 Å². The highest BCUT2D eigenvalue weighted by atomic mass is 35.5. The summed E-state index contributed by atoms with van der Waals surface area (Å²) in [6.45, 7) is 2.03. The standard InChI is InChI=1S/C21H28ClN3O2.ClH/c1-4-6-16(5-2)27-20-12-19(23)18(22)11-17(20)21(26)24-13-9-14-7-8-15(10-13)25(14)3;/h2,11-16H,4,6-10,23H2,1,3H3,(H,24,26);1H. The van der Waals surface area contributed by atoms with Crippen molar-refractivity contribution in [1.29, 1.82) is 0 Å². The number of rotatable bonds is 6. The molecule has 1 aromatic rings. The number of hydrogen-bond acceptors (Lipinski definition) is 4. The van der Waals surface area contributed by atoms with E-state index >= 15 is 0 Å². The Balaban J connectivity index is 0.00000280. The van der Waals surface area contributed by atoms with Crippen LogP contribution < -0.4 is 15.8 Å². The molecule has 2 bridgehead atoms. The lowest BCUT2D eigenvalue weighted by molar-refractivity contribution is 0.0877. The van der Waals surface area contributed by atoms with Crippen LogP contribution in [0.15, 0.2) is 12.1 Å². The van der Waals surface area contributed by atoms with E-state index in [4.69, 9.17) is 28.5 Å². The quantitative estimate of drug-likeness (QED) is 0.535. The van der Waals surface area contributed by atoms with Gasteiger partial charge in [0.2, 0.25) is 0 Å².